The number of nitrogens with zero attached hydrogens (tertiary/aromatic N) is 1. The van der Waals surface area contributed by atoms with Gasteiger partial charge in [-0.05, 0) is 37.7 Å². The Kier molecular flexibility index (Phi) is 2.44. The summed E-state index contributed by atoms with van der Waals surface area (Å²) in [6.45, 7) is 2.07. The van der Waals surface area contributed by atoms with Crippen LogP contribution in [0.4, 0.5) is 0 Å². The van der Waals surface area contributed by atoms with E-state index in [0.29, 0.717) is 6.10 Å². The first-order chi connectivity index (χ1) is 6.31. The molecule has 0 unspecified atom stereocenters. The van der Waals surface area contributed by atoms with E-state index < -0.39 is 0 Å². The predicted molar refractivity (Wildman–Crippen MR) is 54.4 cm³/mol. The Bertz CT molecular complexity index is 310. The van der Waals surface area contributed by atoms with Gasteiger partial charge in [0, 0.05) is 6.20 Å². The molecule has 2 rings (SSSR count). The Hall–Kier alpha value is -0.700. The molecule has 0 radical (unpaired) electrons. The van der Waals surface area contributed by atoms with E-state index in [4.69, 9.17) is 4.74 Å². The number of hydrogen-bond acceptors (Lipinski definition) is 3. The van der Waals surface area contributed by atoms with Crippen LogP contribution in [0.5, 0.6) is 5.75 Å². The molecule has 1 aromatic rings. The number of rotatable bonds is 3. The second kappa shape index (κ2) is 3.58. The van der Waals surface area contributed by atoms with Crippen molar-refractivity contribution in [1.29, 1.82) is 0 Å². The monoisotopic (exact) mass is 195 g/mol. The molecule has 1 aliphatic carbocycles. The fourth-order valence-electron chi connectivity index (χ4n) is 1.16. The SMILES string of the molecule is CSc1nccc(C)c1OC1CC1. The molecule has 1 aromatic heterocycles. The van der Waals surface area contributed by atoms with Gasteiger partial charge >= 0.3 is 0 Å². The fourth-order valence-corrected chi connectivity index (χ4v) is 1.72. The maximum absolute atomic E-state index is 5.79. The molecule has 0 aromatic carbocycles. The number of aryl methyl sites for hydroxylation is 1. The van der Waals surface area contributed by atoms with Crippen LogP contribution in [0.2, 0.25) is 0 Å². The molecule has 0 atom stereocenters. The lowest BCUT2D eigenvalue weighted by Crippen LogP contribution is -2.00. The van der Waals surface area contributed by atoms with Gasteiger partial charge < -0.3 is 4.74 Å². The molecule has 0 spiro atoms. The van der Waals surface area contributed by atoms with E-state index in [1.807, 2.05) is 18.5 Å². The molecule has 0 aliphatic heterocycles. The summed E-state index contributed by atoms with van der Waals surface area (Å²) < 4.78 is 5.79. The van der Waals surface area contributed by atoms with Crippen LogP contribution in [0.25, 0.3) is 0 Å². The summed E-state index contributed by atoms with van der Waals surface area (Å²) in [7, 11) is 0. The Morgan fingerprint density at radius 2 is 2.31 bits per heavy atom. The minimum absolute atomic E-state index is 0.453. The Labute approximate surface area is 82.7 Å². The highest BCUT2D eigenvalue weighted by molar-refractivity contribution is 7.98. The minimum atomic E-state index is 0.453. The van der Waals surface area contributed by atoms with Crippen LogP contribution in [0.15, 0.2) is 17.3 Å². The summed E-state index contributed by atoms with van der Waals surface area (Å²) in [6, 6.07) is 2.00. The summed E-state index contributed by atoms with van der Waals surface area (Å²) in [5, 5.41) is 1.01. The molecule has 1 fully saturated rings. The summed E-state index contributed by atoms with van der Waals surface area (Å²) in [4.78, 5) is 4.28. The third kappa shape index (κ3) is 1.97. The normalized spacial score (nSPS) is 15.8. The van der Waals surface area contributed by atoms with Gasteiger partial charge in [0.25, 0.3) is 0 Å². The van der Waals surface area contributed by atoms with Gasteiger partial charge in [0.1, 0.15) is 5.03 Å². The summed E-state index contributed by atoms with van der Waals surface area (Å²) in [6.07, 6.45) is 6.71. The van der Waals surface area contributed by atoms with Crippen molar-refractivity contribution in [3.63, 3.8) is 0 Å². The van der Waals surface area contributed by atoms with Gasteiger partial charge in [-0.25, -0.2) is 4.98 Å². The second-order valence-corrected chi connectivity index (χ2v) is 4.08. The van der Waals surface area contributed by atoms with Crippen LogP contribution in [0, 0.1) is 6.92 Å². The number of pyridine rings is 1. The van der Waals surface area contributed by atoms with Crippen LogP contribution in [-0.2, 0) is 0 Å². The molecule has 3 heteroatoms. The van der Waals surface area contributed by atoms with E-state index in [0.717, 1.165) is 10.8 Å². The van der Waals surface area contributed by atoms with Gasteiger partial charge in [0.05, 0.1) is 6.10 Å². The van der Waals surface area contributed by atoms with E-state index in [2.05, 4.69) is 11.9 Å². The van der Waals surface area contributed by atoms with Crippen molar-refractivity contribution in [3.8, 4) is 5.75 Å². The first-order valence-corrected chi connectivity index (χ1v) is 5.70. The number of thioether (sulfide) groups is 1. The summed E-state index contributed by atoms with van der Waals surface area (Å²) in [5.74, 6) is 0.984. The zero-order valence-corrected chi connectivity index (χ0v) is 8.73. The average Bonchev–Trinajstić information content (AvgIpc) is 2.92. The van der Waals surface area contributed by atoms with Crippen molar-refractivity contribution >= 4 is 11.8 Å². The molecule has 0 N–H and O–H groups in total. The van der Waals surface area contributed by atoms with Crippen molar-refractivity contribution in [2.75, 3.05) is 6.26 Å². The van der Waals surface area contributed by atoms with E-state index >= 15 is 0 Å². The Morgan fingerprint density at radius 1 is 1.54 bits per heavy atom. The van der Waals surface area contributed by atoms with Gasteiger partial charge in [0.2, 0.25) is 0 Å². The van der Waals surface area contributed by atoms with E-state index in [1.54, 1.807) is 11.8 Å². The van der Waals surface area contributed by atoms with E-state index in [1.165, 1.54) is 18.4 Å². The highest BCUT2D eigenvalue weighted by Gasteiger charge is 2.25. The van der Waals surface area contributed by atoms with Crippen molar-refractivity contribution in [2.45, 2.75) is 30.9 Å². The lowest BCUT2D eigenvalue weighted by molar-refractivity contribution is 0.291. The standard InChI is InChI=1S/C10H13NOS/c1-7-5-6-11-10(13-2)9(7)12-8-3-4-8/h5-6,8H,3-4H2,1-2H3. The quantitative estimate of drug-likeness (QED) is 0.692. The van der Waals surface area contributed by atoms with Crippen molar-refractivity contribution in [1.82, 2.24) is 4.98 Å². The number of aromatic nitrogens is 1. The summed E-state index contributed by atoms with van der Waals surface area (Å²) in [5.41, 5.74) is 1.19. The average molecular weight is 195 g/mol. The van der Waals surface area contributed by atoms with E-state index in [9.17, 15) is 0 Å². The van der Waals surface area contributed by atoms with E-state index in [-0.39, 0.29) is 0 Å². The van der Waals surface area contributed by atoms with Gasteiger partial charge in [-0.15, -0.1) is 11.8 Å². The van der Waals surface area contributed by atoms with Crippen molar-refractivity contribution in [3.05, 3.63) is 17.8 Å². The van der Waals surface area contributed by atoms with Crippen LogP contribution in [-0.4, -0.2) is 17.3 Å². The van der Waals surface area contributed by atoms with Crippen LogP contribution in [0.3, 0.4) is 0 Å². The molecular formula is C10H13NOS. The predicted octanol–water partition coefficient (Wildman–Crippen LogP) is 2.65. The lowest BCUT2D eigenvalue weighted by atomic mass is 10.3. The maximum atomic E-state index is 5.79. The number of hydrogen-bond donors (Lipinski definition) is 0. The smallest absolute Gasteiger partial charge is 0.154 e. The molecule has 0 saturated heterocycles. The molecular weight excluding hydrogens is 182 g/mol. The topological polar surface area (TPSA) is 22.1 Å². The highest BCUT2D eigenvalue weighted by Crippen LogP contribution is 2.34. The largest absolute Gasteiger partial charge is 0.487 e. The maximum Gasteiger partial charge on any atom is 0.154 e. The summed E-state index contributed by atoms with van der Waals surface area (Å²) >= 11 is 1.64. The third-order valence-electron chi connectivity index (χ3n) is 2.07. The zero-order valence-electron chi connectivity index (χ0n) is 7.91. The molecule has 0 bridgehead atoms. The van der Waals surface area contributed by atoms with Crippen LogP contribution >= 0.6 is 11.8 Å². The van der Waals surface area contributed by atoms with Gasteiger partial charge in [-0.2, -0.15) is 0 Å². The molecule has 13 heavy (non-hydrogen) atoms. The second-order valence-electron chi connectivity index (χ2n) is 3.28. The molecule has 0 amide bonds. The Morgan fingerprint density at radius 3 is 2.92 bits per heavy atom. The van der Waals surface area contributed by atoms with Gasteiger partial charge in [-0.3, -0.25) is 0 Å². The van der Waals surface area contributed by atoms with Crippen molar-refractivity contribution in [2.24, 2.45) is 0 Å². The fraction of sp³-hybridized carbons (Fsp3) is 0.500. The molecule has 1 heterocycles. The molecule has 2 nitrogen and oxygen atoms in total. The molecule has 70 valence electrons. The van der Waals surface area contributed by atoms with Crippen molar-refractivity contribution < 1.29 is 4.74 Å². The first kappa shape index (κ1) is 8.88. The number of ether oxygens (including phenoxy) is 1. The zero-order chi connectivity index (χ0) is 9.26. The lowest BCUT2D eigenvalue weighted by Gasteiger charge is -2.10. The first-order valence-electron chi connectivity index (χ1n) is 4.47. The van der Waals surface area contributed by atoms with Crippen LogP contribution < -0.4 is 4.74 Å². The van der Waals surface area contributed by atoms with Crippen LogP contribution in [0.1, 0.15) is 18.4 Å². The minimum Gasteiger partial charge on any atom is -0.487 e. The van der Waals surface area contributed by atoms with Gasteiger partial charge in [0.15, 0.2) is 5.75 Å². The molecule has 1 saturated carbocycles. The van der Waals surface area contributed by atoms with Gasteiger partial charge in [-0.1, -0.05) is 0 Å². The molecule has 1 aliphatic rings. The third-order valence-corrected chi connectivity index (χ3v) is 2.75. The highest BCUT2D eigenvalue weighted by atomic mass is 32.2. The Balaban J connectivity index is 2.27.